The summed E-state index contributed by atoms with van der Waals surface area (Å²) in [6.45, 7) is 8.15. The van der Waals surface area contributed by atoms with Gasteiger partial charge in [-0.2, -0.15) is 5.10 Å². The lowest BCUT2D eigenvalue weighted by molar-refractivity contribution is 0.102. The van der Waals surface area contributed by atoms with Crippen molar-refractivity contribution in [3.63, 3.8) is 0 Å². The summed E-state index contributed by atoms with van der Waals surface area (Å²) >= 11 is 0. The zero-order valence-corrected chi connectivity index (χ0v) is 18.2. The first-order valence-corrected chi connectivity index (χ1v) is 10.8. The predicted molar refractivity (Wildman–Crippen MR) is 121 cm³/mol. The Morgan fingerprint density at radius 1 is 1.10 bits per heavy atom. The highest BCUT2D eigenvalue weighted by Crippen LogP contribution is 2.30. The highest BCUT2D eigenvalue weighted by atomic mass is 16.5. The fourth-order valence-corrected chi connectivity index (χ4v) is 3.73. The van der Waals surface area contributed by atoms with E-state index in [0.29, 0.717) is 23.0 Å². The second-order valence-corrected chi connectivity index (χ2v) is 8.34. The number of aromatic amines is 1. The summed E-state index contributed by atoms with van der Waals surface area (Å²) in [4.78, 5) is 17.1. The van der Waals surface area contributed by atoms with E-state index in [0.717, 1.165) is 48.8 Å². The largest absolute Gasteiger partial charge is 0.457 e. The van der Waals surface area contributed by atoms with E-state index in [9.17, 15) is 4.79 Å². The maximum absolute atomic E-state index is 12.4. The summed E-state index contributed by atoms with van der Waals surface area (Å²) in [5.41, 5.74) is 4.05. The number of carbonyl (C=O) groups excluding carboxylic acids is 1. The van der Waals surface area contributed by atoms with Crippen LogP contribution in [-0.4, -0.2) is 34.2 Å². The number of pyridine rings is 1. The molecular formula is C24H29N5O2. The van der Waals surface area contributed by atoms with Crippen molar-refractivity contribution >= 4 is 11.6 Å². The first kappa shape index (κ1) is 21.1. The highest BCUT2D eigenvalue weighted by molar-refractivity contribution is 6.02. The Bertz CT molecular complexity index is 1040. The molecule has 3 N–H and O–H groups in total. The van der Waals surface area contributed by atoms with Crippen LogP contribution < -0.4 is 15.4 Å². The van der Waals surface area contributed by atoms with Crippen LogP contribution in [-0.2, 0) is 0 Å². The molecule has 0 spiro atoms. The normalized spacial score (nSPS) is 14.6. The fraction of sp³-hybridized carbons (Fsp3) is 0.375. The predicted octanol–water partition coefficient (Wildman–Crippen LogP) is 4.75. The maximum Gasteiger partial charge on any atom is 0.276 e. The van der Waals surface area contributed by atoms with Gasteiger partial charge >= 0.3 is 0 Å². The number of nitrogens with one attached hydrogen (secondary N) is 3. The van der Waals surface area contributed by atoms with E-state index in [-0.39, 0.29) is 11.8 Å². The monoisotopic (exact) mass is 419 g/mol. The van der Waals surface area contributed by atoms with Gasteiger partial charge in [-0.3, -0.25) is 14.9 Å². The molecule has 1 amide bonds. The molecule has 3 heterocycles. The lowest BCUT2D eigenvalue weighted by atomic mass is 9.94. The number of rotatable bonds is 6. The molecule has 2 aromatic heterocycles. The highest BCUT2D eigenvalue weighted by Gasteiger charge is 2.18. The lowest BCUT2D eigenvalue weighted by Crippen LogP contribution is -2.27. The number of anilines is 1. The number of piperidine rings is 1. The number of carbonyl (C=O) groups is 1. The summed E-state index contributed by atoms with van der Waals surface area (Å²) in [7, 11) is 0. The molecule has 7 nitrogen and oxygen atoms in total. The van der Waals surface area contributed by atoms with Crippen molar-refractivity contribution < 1.29 is 9.53 Å². The molecule has 3 aromatic rings. The SMILES string of the molecule is Cc1cc(Oc2ccc(NC(=O)c3cc(C(C)C)[nH]n3)cc2)cc(C2CCNCC2)n1. The third-order valence-electron chi connectivity index (χ3n) is 5.50. The second-order valence-electron chi connectivity index (χ2n) is 8.34. The quantitative estimate of drug-likeness (QED) is 0.536. The Kier molecular flexibility index (Phi) is 6.32. The van der Waals surface area contributed by atoms with Crippen molar-refractivity contribution in [2.75, 3.05) is 18.4 Å². The number of aryl methyl sites for hydroxylation is 1. The Balaban J connectivity index is 1.41. The molecule has 0 atom stereocenters. The van der Waals surface area contributed by atoms with Crippen LogP contribution in [0.1, 0.15) is 66.1 Å². The molecule has 1 saturated heterocycles. The van der Waals surface area contributed by atoms with Crippen molar-refractivity contribution in [2.24, 2.45) is 0 Å². The van der Waals surface area contributed by atoms with E-state index in [1.54, 1.807) is 6.07 Å². The standard InChI is InChI=1S/C24H29N5O2/c1-15(2)21-14-23(29-28-21)24(30)27-18-4-6-19(7-5-18)31-20-12-16(3)26-22(13-20)17-8-10-25-11-9-17/h4-7,12-15,17,25H,8-11H2,1-3H3,(H,27,30)(H,28,29). The van der Waals surface area contributed by atoms with Gasteiger partial charge in [0.2, 0.25) is 0 Å². The minimum Gasteiger partial charge on any atom is -0.457 e. The van der Waals surface area contributed by atoms with Gasteiger partial charge < -0.3 is 15.4 Å². The molecule has 0 radical (unpaired) electrons. The number of aromatic nitrogens is 3. The van der Waals surface area contributed by atoms with Gasteiger partial charge in [0.15, 0.2) is 5.69 Å². The summed E-state index contributed by atoms with van der Waals surface area (Å²) < 4.78 is 6.08. The van der Waals surface area contributed by atoms with Crippen LogP contribution in [0.25, 0.3) is 0 Å². The van der Waals surface area contributed by atoms with Gasteiger partial charge in [0.25, 0.3) is 5.91 Å². The van der Waals surface area contributed by atoms with Crippen LogP contribution in [0.5, 0.6) is 11.5 Å². The zero-order valence-electron chi connectivity index (χ0n) is 18.2. The van der Waals surface area contributed by atoms with Gasteiger partial charge in [0, 0.05) is 40.8 Å². The molecule has 1 fully saturated rings. The number of benzene rings is 1. The minimum absolute atomic E-state index is 0.242. The second kappa shape index (κ2) is 9.31. The van der Waals surface area contributed by atoms with Crippen LogP contribution in [0.2, 0.25) is 0 Å². The number of amides is 1. The van der Waals surface area contributed by atoms with E-state index in [1.165, 1.54) is 0 Å². The average Bonchev–Trinajstić information content (AvgIpc) is 3.26. The van der Waals surface area contributed by atoms with Gasteiger partial charge in [0.05, 0.1) is 0 Å². The van der Waals surface area contributed by atoms with Gasteiger partial charge in [-0.1, -0.05) is 13.8 Å². The summed E-state index contributed by atoms with van der Waals surface area (Å²) in [5.74, 6) is 2.02. The van der Waals surface area contributed by atoms with Gasteiger partial charge in [-0.25, -0.2) is 0 Å². The fourth-order valence-electron chi connectivity index (χ4n) is 3.73. The Morgan fingerprint density at radius 3 is 2.52 bits per heavy atom. The molecule has 0 saturated carbocycles. The summed E-state index contributed by atoms with van der Waals surface area (Å²) in [5, 5.41) is 13.3. The Morgan fingerprint density at radius 2 is 1.84 bits per heavy atom. The number of nitrogens with zero attached hydrogens (tertiary/aromatic N) is 2. The number of hydrogen-bond donors (Lipinski definition) is 3. The van der Waals surface area contributed by atoms with Crippen molar-refractivity contribution in [3.05, 3.63) is 65.2 Å². The van der Waals surface area contributed by atoms with Crippen molar-refractivity contribution in [1.82, 2.24) is 20.5 Å². The topological polar surface area (TPSA) is 91.9 Å². The molecule has 4 rings (SSSR count). The minimum atomic E-state index is -0.242. The number of hydrogen-bond acceptors (Lipinski definition) is 5. The van der Waals surface area contributed by atoms with Crippen molar-refractivity contribution in [2.45, 2.75) is 45.4 Å². The van der Waals surface area contributed by atoms with E-state index in [1.807, 2.05) is 57.2 Å². The average molecular weight is 420 g/mol. The summed E-state index contributed by atoms with van der Waals surface area (Å²) in [6.07, 6.45) is 2.19. The zero-order chi connectivity index (χ0) is 21.8. The number of H-pyrrole nitrogens is 1. The molecule has 0 unspecified atom stereocenters. The molecule has 31 heavy (non-hydrogen) atoms. The maximum atomic E-state index is 12.4. The molecule has 0 aliphatic carbocycles. The smallest absolute Gasteiger partial charge is 0.276 e. The van der Waals surface area contributed by atoms with Crippen LogP contribution in [0, 0.1) is 6.92 Å². The van der Waals surface area contributed by atoms with E-state index in [2.05, 4.69) is 20.8 Å². The van der Waals surface area contributed by atoms with Crippen molar-refractivity contribution in [3.8, 4) is 11.5 Å². The molecule has 1 aromatic carbocycles. The first-order valence-electron chi connectivity index (χ1n) is 10.8. The third kappa shape index (κ3) is 5.30. The summed E-state index contributed by atoms with van der Waals surface area (Å²) in [6, 6.07) is 13.1. The molecule has 1 aliphatic heterocycles. The van der Waals surface area contributed by atoms with Crippen LogP contribution >= 0.6 is 0 Å². The molecule has 162 valence electrons. The van der Waals surface area contributed by atoms with Gasteiger partial charge in [-0.15, -0.1) is 0 Å². The third-order valence-corrected chi connectivity index (χ3v) is 5.50. The van der Waals surface area contributed by atoms with Crippen molar-refractivity contribution in [1.29, 1.82) is 0 Å². The lowest BCUT2D eigenvalue weighted by Gasteiger charge is -2.22. The van der Waals surface area contributed by atoms with Crippen LogP contribution in [0.4, 0.5) is 5.69 Å². The number of ether oxygens (including phenoxy) is 1. The van der Waals surface area contributed by atoms with Crippen LogP contribution in [0.15, 0.2) is 42.5 Å². The van der Waals surface area contributed by atoms with Gasteiger partial charge in [-0.05, 0) is 69.1 Å². The van der Waals surface area contributed by atoms with E-state index < -0.39 is 0 Å². The molecule has 1 aliphatic rings. The van der Waals surface area contributed by atoms with E-state index in [4.69, 9.17) is 9.72 Å². The van der Waals surface area contributed by atoms with E-state index >= 15 is 0 Å². The van der Waals surface area contributed by atoms with Gasteiger partial charge in [0.1, 0.15) is 11.5 Å². The molecule has 7 heteroatoms. The molecule has 0 bridgehead atoms. The first-order chi connectivity index (χ1) is 15.0. The van der Waals surface area contributed by atoms with Crippen LogP contribution in [0.3, 0.4) is 0 Å². The Labute approximate surface area is 182 Å². The molecular weight excluding hydrogens is 390 g/mol. The Hall–Kier alpha value is -3.19.